The van der Waals surface area contributed by atoms with Crippen LogP contribution < -0.4 is 10.1 Å². The lowest BCUT2D eigenvalue weighted by Crippen LogP contribution is -2.28. The number of nitrogens with one attached hydrogen (secondary N) is 1. The van der Waals surface area contributed by atoms with Crippen molar-refractivity contribution >= 4 is 5.91 Å². The minimum Gasteiger partial charge on any atom is -0.496 e. The van der Waals surface area contributed by atoms with Gasteiger partial charge in [0.1, 0.15) is 5.75 Å². The molecule has 2 aromatic rings. The zero-order valence-corrected chi connectivity index (χ0v) is 12.8. The highest BCUT2D eigenvalue weighted by Gasteiger charge is 2.14. The molecule has 0 aromatic heterocycles. The molecule has 0 aliphatic rings. The van der Waals surface area contributed by atoms with Crippen molar-refractivity contribution in [3.8, 4) is 5.75 Å². The predicted molar refractivity (Wildman–Crippen MR) is 89.3 cm³/mol. The number of amides is 1. The molecule has 0 spiro atoms. The highest BCUT2D eigenvalue weighted by molar-refractivity contribution is 5.96. The van der Waals surface area contributed by atoms with Crippen LogP contribution in [0.2, 0.25) is 0 Å². The van der Waals surface area contributed by atoms with Crippen molar-refractivity contribution in [3.05, 3.63) is 78.4 Å². The number of methoxy groups -OCH3 is 1. The van der Waals surface area contributed by atoms with E-state index in [-0.39, 0.29) is 11.8 Å². The minimum absolute atomic E-state index is 0.123. The molecular formula is C19H21NO2. The average Bonchev–Trinajstić information content (AvgIpc) is 2.59. The molecule has 1 amide bonds. The van der Waals surface area contributed by atoms with Gasteiger partial charge < -0.3 is 10.1 Å². The van der Waals surface area contributed by atoms with E-state index < -0.39 is 0 Å². The number of hydrogen-bond donors (Lipinski definition) is 1. The fourth-order valence-electron chi connectivity index (χ4n) is 2.41. The van der Waals surface area contributed by atoms with Gasteiger partial charge in [-0.1, -0.05) is 48.5 Å². The van der Waals surface area contributed by atoms with Crippen LogP contribution >= 0.6 is 0 Å². The van der Waals surface area contributed by atoms with Crippen LogP contribution in [0.1, 0.15) is 28.3 Å². The second kappa shape index (κ2) is 8.03. The van der Waals surface area contributed by atoms with E-state index in [1.54, 1.807) is 19.2 Å². The van der Waals surface area contributed by atoms with Crippen molar-refractivity contribution in [2.45, 2.75) is 12.3 Å². The summed E-state index contributed by atoms with van der Waals surface area (Å²) in [6, 6.07) is 17.4. The maximum Gasteiger partial charge on any atom is 0.255 e. The van der Waals surface area contributed by atoms with E-state index in [1.165, 1.54) is 5.56 Å². The highest BCUT2D eigenvalue weighted by Crippen LogP contribution is 2.20. The van der Waals surface area contributed by atoms with E-state index in [9.17, 15) is 4.79 Å². The van der Waals surface area contributed by atoms with Crippen LogP contribution in [-0.4, -0.2) is 19.6 Å². The summed E-state index contributed by atoms with van der Waals surface area (Å²) in [5.41, 5.74) is 1.75. The standard InChI is InChI=1S/C19H21NO2/c1-3-9-16(15-10-5-4-6-11-15)14-20-19(21)17-12-7-8-13-18(17)22-2/h3-8,10-13,16H,1,9,14H2,2H3,(H,20,21). The molecular weight excluding hydrogens is 274 g/mol. The lowest BCUT2D eigenvalue weighted by atomic mass is 9.95. The first-order chi connectivity index (χ1) is 10.8. The Labute approximate surface area is 131 Å². The lowest BCUT2D eigenvalue weighted by molar-refractivity contribution is 0.0948. The smallest absolute Gasteiger partial charge is 0.255 e. The van der Waals surface area contributed by atoms with Crippen LogP contribution in [0.5, 0.6) is 5.75 Å². The van der Waals surface area contributed by atoms with Crippen molar-refractivity contribution in [1.82, 2.24) is 5.32 Å². The number of rotatable bonds is 7. The monoisotopic (exact) mass is 295 g/mol. The van der Waals surface area contributed by atoms with E-state index in [0.29, 0.717) is 17.9 Å². The summed E-state index contributed by atoms with van der Waals surface area (Å²) in [6.07, 6.45) is 2.70. The second-order valence-corrected chi connectivity index (χ2v) is 5.04. The van der Waals surface area contributed by atoms with Crippen molar-refractivity contribution in [2.24, 2.45) is 0 Å². The third-order valence-corrected chi connectivity index (χ3v) is 3.58. The molecule has 0 radical (unpaired) electrons. The molecule has 1 unspecified atom stereocenters. The van der Waals surface area contributed by atoms with Crippen LogP contribution in [0.25, 0.3) is 0 Å². The van der Waals surface area contributed by atoms with E-state index in [1.807, 2.05) is 36.4 Å². The van der Waals surface area contributed by atoms with Crippen molar-refractivity contribution < 1.29 is 9.53 Å². The van der Waals surface area contributed by atoms with E-state index >= 15 is 0 Å². The molecule has 3 nitrogen and oxygen atoms in total. The Morgan fingerprint density at radius 3 is 2.55 bits per heavy atom. The Kier molecular flexibility index (Phi) is 5.78. The summed E-state index contributed by atoms with van der Waals surface area (Å²) in [5, 5.41) is 2.99. The number of carbonyl (C=O) groups is 1. The number of ether oxygens (including phenoxy) is 1. The Balaban J connectivity index is 2.06. The van der Waals surface area contributed by atoms with Gasteiger partial charge in [0, 0.05) is 12.5 Å². The maximum absolute atomic E-state index is 12.3. The number of benzene rings is 2. The summed E-state index contributed by atoms with van der Waals surface area (Å²) in [4.78, 5) is 12.3. The van der Waals surface area contributed by atoms with Gasteiger partial charge in [0.05, 0.1) is 12.7 Å². The molecule has 0 heterocycles. The van der Waals surface area contributed by atoms with Crippen LogP contribution in [-0.2, 0) is 0 Å². The minimum atomic E-state index is -0.123. The van der Waals surface area contributed by atoms with Crippen LogP contribution in [0.3, 0.4) is 0 Å². The topological polar surface area (TPSA) is 38.3 Å². The molecule has 2 rings (SSSR count). The summed E-state index contributed by atoms with van der Waals surface area (Å²) >= 11 is 0. The molecule has 0 aliphatic carbocycles. The van der Waals surface area contributed by atoms with Gasteiger partial charge in [0.15, 0.2) is 0 Å². The first-order valence-electron chi connectivity index (χ1n) is 7.33. The Morgan fingerprint density at radius 1 is 1.18 bits per heavy atom. The second-order valence-electron chi connectivity index (χ2n) is 5.04. The number of allylic oxidation sites excluding steroid dienone is 1. The molecule has 3 heteroatoms. The molecule has 0 saturated carbocycles. The van der Waals surface area contributed by atoms with Gasteiger partial charge in [-0.05, 0) is 24.1 Å². The van der Waals surface area contributed by atoms with Gasteiger partial charge in [-0.15, -0.1) is 6.58 Å². The van der Waals surface area contributed by atoms with Crippen molar-refractivity contribution in [2.75, 3.05) is 13.7 Å². The highest BCUT2D eigenvalue weighted by atomic mass is 16.5. The SMILES string of the molecule is C=CCC(CNC(=O)c1ccccc1OC)c1ccccc1. The van der Waals surface area contributed by atoms with Crippen molar-refractivity contribution in [1.29, 1.82) is 0 Å². The van der Waals surface area contributed by atoms with E-state index in [2.05, 4.69) is 24.0 Å². The quantitative estimate of drug-likeness (QED) is 0.789. The molecule has 0 aliphatic heterocycles. The largest absolute Gasteiger partial charge is 0.496 e. The number of hydrogen-bond acceptors (Lipinski definition) is 2. The first kappa shape index (κ1) is 15.8. The van der Waals surface area contributed by atoms with Gasteiger partial charge in [-0.25, -0.2) is 0 Å². The summed E-state index contributed by atoms with van der Waals surface area (Å²) in [6.45, 7) is 4.37. The Bertz CT molecular complexity index is 622. The zero-order chi connectivity index (χ0) is 15.8. The normalized spacial score (nSPS) is 11.5. The summed E-state index contributed by atoms with van der Waals surface area (Å²) in [7, 11) is 1.57. The lowest BCUT2D eigenvalue weighted by Gasteiger charge is -2.17. The van der Waals surface area contributed by atoms with Gasteiger partial charge in [-0.3, -0.25) is 4.79 Å². The first-order valence-corrected chi connectivity index (χ1v) is 7.33. The number of para-hydroxylation sites is 1. The van der Waals surface area contributed by atoms with E-state index in [4.69, 9.17) is 4.74 Å². The number of carbonyl (C=O) groups excluding carboxylic acids is 1. The molecule has 1 atom stereocenters. The van der Waals surface area contributed by atoms with Gasteiger partial charge in [-0.2, -0.15) is 0 Å². The molecule has 114 valence electrons. The van der Waals surface area contributed by atoms with Crippen LogP contribution in [0.4, 0.5) is 0 Å². The van der Waals surface area contributed by atoms with Crippen LogP contribution in [0, 0.1) is 0 Å². The molecule has 0 bridgehead atoms. The van der Waals surface area contributed by atoms with Crippen LogP contribution in [0.15, 0.2) is 67.3 Å². The molecule has 0 saturated heterocycles. The van der Waals surface area contributed by atoms with Gasteiger partial charge in [0.25, 0.3) is 5.91 Å². The Morgan fingerprint density at radius 2 is 1.86 bits per heavy atom. The summed E-state index contributed by atoms with van der Waals surface area (Å²) in [5.74, 6) is 0.680. The maximum atomic E-state index is 12.3. The Hall–Kier alpha value is -2.55. The average molecular weight is 295 g/mol. The molecule has 1 N–H and O–H groups in total. The van der Waals surface area contributed by atoms with Gasteiger partial charge in [0.2, 0.25) is 0 Å². The molecule has 0 fully saturated rings. The third-order valence-electron chi connectivity index (χ3n) is 3.58. The fraction of sp³-hybridized carbons (Fsp3) is 0.211. The predicted octanol–water partition coefficient (Wildman–Crippen LogP) is 3.78. The molecule has 2 aromatic carbocycles. The fourth-order valence-corrected chi connectivity index (χ4v) is 2.41. The van der Waals surface area contributed by atoms with Gasteiger partial charge >= 0.3 is 0 Å². The zero-order valence-electron chi connectivity index (χ0n) is 12.8. The molecule has 22 heavy (non-hydrogen) atoms. The summed E-state index contributed by atoms with van der Waals surface area (Å²) < 4.78 is 5.23. The van der Waals surface area contributed by atoms with E-state index in [0.717, 1.165) is 6.42 Å². The van der Waals surface area contributed by atoms with Crippen molar-refractivity contribution in [3.63, 3.8) is 0 Å². The third kappa shape index (κ3) is 3.98.